The van der Waals surface area contributed by atoms with E-state index in [1.165, 1.54) is 12.1 Å². The first-order valence-electron chi connectivity index (χ1n) is 9.98. The number of ether oxygens (including phenoxy) is 2. The zero-order chi connectivity index (χ0) is 22.7. The van der Waals surface area contributed by atoms with E-state index in [2.05, 4.69) is 16.0 Å². The second-order valence-electron chi connectivity index (χ2n) is 7.36. The predicted octanol–water partition coefficient (Wildman–Crippen LogP) is 1.28. The van der Waals surface area contributed by atoms with Crippen LogP contribution in [0.15, 0.2) is 47.4 Å². The number of amides is 2. The summed E-state index contributed by atoms with van der Waals surface area (Å²) in [6.45, 7) is 2.76. The SMILES string of the molecule is Cc1ccc(S(=O)(=O)C2CNC(SCC(=O)Nc3ccc4c(c3)OCCO4)NC2=O)cc1. The summed E-state index contributed by atoms with van der Waals surface area (Å²) in [7, 11) is -3.82. The number of thioether (sulfide) groups is 1. The fourth-order valence-corrected chi connectivity index (χ4v) is 5.61. The summed E-state index contributed by atoms with van der Waals surface area (Å²) in [6, 6.07) is 11.5. The fourth-order valence-electron chi connectivity index (χ4n) is 3.30. The summed E-state index contributed by atoms with van der Waals surface area (Å²) in [6.07, 6.45) is 0. The zero-order valence-electron chi connectivity index (χ0n) is 17.3. The Bertz CT molecular complexity index is 1120. The van der Waals surface area contributed by atoms with Crippen LogP contribution in [0.25, 0.3) is 0 Å². The van der Waals surface area contributed by atoms with Gasteiger partial charge >= 0.3 is 0 Å². The highest BCUT2D eigenvalue weighted by molar-refractivity contribution is 8.00. The highest BCUT2D eigenvalue weighted by Crippen LogP contribution is 2.32. The molecule has 11 heteroatoms. The fraction of sp³-hybridized carbons (Fsp3) is 0.333. The number of carbonyl (C=O) groups is 2. The normalized spacial score (nSPS) is 20.3. The molecule has 0 radical (unpaired) electrons. The van der Waals surface area contributed by atoms with E-state index in [9.17, 15) is 18.0 Å². The molecule has 4 rings (SSSR count). The van der Waals surface area contributed by atoms with Crippen LogP contribution in [0.4, 0.5) is 5.69 Å². The van der Waals surface area contributed by atoms with Gasteiger partial charge in [0.25, 0.3) is 0 Å². The van der Waals surface area contributed by atoms with Gasteiger partial charge in [-0.15, -0.1) is 11.8 Å². The lowest BCUT2D eigenvalue weighted by molar-refractivity contribution is -0.122. The van der Waals surface area contributed by atoms with Crippen molar-refractivity contribution in [3.63, 3.8) is 0 Å². The van der Waals surface area contributed by atoms with Gasteiger partial charge in [-0.1, -0.05) is 17.7 Å². The van der Waals surface area contributed by atoms with Crippen molar-refractivity contribution >= 4 is 39.1 Å². The third-order valence-corrected chi connectivity index (χ3v) is 8.09. The third kappa shape index (κ3) is 5.00. The molecule has 1 fully saturated rings. The Hall–Kier alpha value is -2.76. The standard InChI is InChI=1S/C21H23N3O6S2/c1-13-2-5-15(6-3-13)32(27,28)18-11-22-21(24-20(18)26)31-12-19(25)23-14-4-7-16-17(10-14)30-9-8-29-16/h2-7,10,18,21-22H,8-9,11-12H2,1H3,(H,23,25)(H,24,26). The first kappa shape index (κ1) is 22.4. The minimum Gasteiger partial charge on any atom is -0.486 e. The number of hydrogen-bond acceptors (Lipinski definition) is 8. The van der Waals surface area contributed by atoms with Gasteiger partial charge in [0.2, 0.25) is 11.8 Å². The van der Waals surface area contributed by atoms with Crippen LogP contribution >= 0.6 is 11.8 Å². The van der Waals surface area contributed by atoms with Crippen LogP contribution in [0.2, 0.25) is 0 Å². The quantitative estimate of drug-likeness (QED) is 0.569. The Morgan fingerprint density at radius 3 is 2.56 bits per heavy atom. The molecule has 0 aliphatic carbocycles. The summed E-state index contributed by atoms with van der Waals surface area (Å²) in [5.74, 6) is 0.407. The summed E-state index contributed by atoms with van der Waals surface area (Å²) >= 11 is 1.16. The van der Waals surface area contributed by atoms with E-state index in [1.54, 1.807) is 30.3 Å². The number of fused-ring (bicyclic) bond motifs is 1. The molecule has 9 nitrogen and oxygen atoms in total. The number of benzene rings is 2. The Morgan fingerprint density at radius 2 is 1.84 bits per heavy atom. The maximum Gasteiger partial charge on any atom is 0.241 e. The molecule has 0 bridgehead atoms. The maximum atomic E-state index is 12.8. The van der Waals surface area contributed by atoms with E-state index in [0.29, 0.717) is 30.4 Å². The van der Waals surface area contributed by atoms with E-state index < -0.39 is 26.5 Å². The molecule has 2 unspecified atom stereocenters. The topological polar surface area (TPSA) is 123 Å². The van der Waals surface area contributed by atoms with Gasteiger partial charge < -0.3 is 20.1 Å². The van der Waals surface area contributed by atoms with Crippen LogP contribution in [-0.4, -0.2) is 56.5 Å². The highest BCUT2D eigenvalue weighted by atomic mass is 32.2. The average molecular weight is 478 g/mol. The van der Waals surface area contributed by atoms with Crippen molar-refractivity contribution in [2.75, 3.05) is 30.8 Å². The molecule has 32 heavy (non-hydrogen) atoms. The monoisotopic (exact) mass is 477 g/mol. The molecule has 0 saturated carbocycles. The zero-order valence-corrected chi connectivity index (χ0v) is 18.9. The number of hydrogen-bond donors (Lipinski definition) is 3. The lowest BCUT2D eigenvalue weighted by Crippen LogP contribution is -2.59. The minimum absolute atomic E-state index is 0.0382. The first-order chi connectivity index (χ1) is 15.3. The van der Waals surface area contributed by atoms with E-state index in [4.69, 9.17) is 9.47 Å². The van der Waals surface area contributed by atoms with Crippen LogP contribution < -0.4 is 25.4 Å². The number of rotatable bonds is 6. The van der Waals surface area contributed by atoms with Gasteiger partial charge in [0, 0.05) is 18.3 Å². The molecule has 0 aromatic heterocycles. The summed E-state index contributed by atoms with van der Waals surface area (Å²) in [5.41, 5.74) is 0.934. The van der Waals surface area contributed by atoms with E-state index >= 15 is 0 Å². The van der Waals surface area contributed by atoms with Crippen LogP contribution in [0.1, 0.15) is 5.56 Å². The molecule has 170 valence electrons. The van der Waals surface area contributed by atoms with Gasteiger partial charge in [-0.2, -0.15) is 0 Å². The van der Waals surface area contributed by atoms with Crippen molar-refractivity contribution in [3.8, 4) is 11.5 Å². The van der Waals surface area contributed by atoms with Crippen molar-refractivity contribution in [1.82, 2.24) is 10.6 Å². The molecule has 2 aliphatic rings. The van der Waals surface area contributed by atoms with Crippen LogP contribution in [0.5, 0.6) is 11.5 Å². The van der Waals surface area contributed by atoms with Gasteiger partial charge in [0.05, 0.1) is 10.6 Å². The molecule has 2 aromatic carbocycles. The smallest absolute Gasteiger partial charge is 0.241 e. The average Bonchev–Trinajstić information content (AvgIpc) is 2.78. The van der Waals surface area contributed by atoms with Crippen molar-refractivity contribution < 1.29 is 27.5 Å². The second kappa shape index (κ2) is 9.39. The van der Waals surface area contributed by atoms with Crippen molar-refractivity contribution in [2.45, 2.75) is 22.6 Å². The Morgan fingerprint density at radius 1 is 1.12 bits per heavy atom. The van der Waals surface area contributed by atoms with Gasteiger partial charge in [-0.05, 0) is 31.2 Å². The number of anilines is 1. The third-order valence-electron chi connectivity index (χ3n) is 4.99. The van der Waals surface area contributed by atoms with Crippen LogP contribution in [-0.2, 0) is 19.4 Å². The summed E-state index contributed by atoms with van der Waals surface area (Å²) in [5, 5.41) is 7.16. The van der Waals surface area contributed by atoms with Crippen molar-refractivity contribution in [1.29, 1.82) is 0 Å². The van der Waals surface area contributed by atoms with E-state index in [1.807, 2.05) is 6.92 Å². The van der Waals surface area contributed by atoms with Crippen molar-refractivity contribution in [2.24, 2.45) is 0 Å². The van der Waals surface area contributed by atoms with Gasteiger partial charge in [0.1, 0.15) is 18.7 Å². The Balaban J connectivity index is 1.29. The first-order valence-corrected chi connectivity index (χ1v) is 12.6. The highest BCUT2D eigenvalue weighted by Gasteiger charge is 2.38. The van der Waals surface area contributed by atoms with Crippen LogP contribution in [0.3, 0.4) is 0 Å². The van der Waals surface area contributed by atoms with Gasteiger partial charge in [-0.3, -0.25) is 14.9 Å². The molecular formula is C21H23N3O6S2. The molecule has 2 aromatic rings. The van der Waals surface area contributed by atoms with E-state index in [-0.39, 0.29) is 23.1 Å². The van der Waals surface area contributed by atoms with Gasteiger partial charge in [-0.25, -0.2) is 8.42 Å². The molecule has 2 atom stereocenters. The second-order valence-corrected chi connectivity index (χ2v) is 10.6. The molecule has 1 saturated heterocycles. The number of carbonyl (C=O) groups excluding carboxylic acids is 2. The number of sulfone groups is 1. The summed E-state index contributed by atoms with van der Waals surface area (Å²) < 4.78 is 36.5. The Labute approximate surface area is 190 Å². The maximum absolute atomic E-state index is 12.8. The minimum atomic E-state index is -3.82. The lowest BCUT2D eigenvalue weighted by atomic mass is 10.2. The largest absolute Gasteiger partial charge is 0.486 e. The molecule has 2 amide bonds. The molecule has 2 heterocycles. The van der Waals surface area contributed by atoms with E-state index in [0.717, 1.165) is 17.3 Å². The molecule has 2 aliphatic heterocycles. The summed E-state index contributed by atoms with van der Waals surface area (Å²) in [4.78, 5) is 24.9. The molecule has 0 spiro atoms. The van der Waals surface area contributed by atoms with Gasteiger partial charge in [0.15, 0.2) is 26.6 Å². The number of aryl methyl sites for hydroxylation is 1. The lowest BCUT2D eigenvalue weighted by Gasteiger charge is -2.29. The Kier molecular flexibility index (Phi) is 6.58. The van der Waals surface area contributed by atoms with Crippen LogP contribution in [0, 0.1) is 6.92 Å². The molecular weight excluding hydrogens is 454 g/mol. The molecule has 3 N–H and O–H groups in total. The predicted molar refractivity (Wildman–Crippen MR) is 121 cm³/mol. The number of nitrogens with one attached hydrogen (secondary N) is 3. The van der Waals surface area contributed by atoms with Crippen molar-refractivity contribution in [3.05, 3.63) is 48.0 Å².